The highest BCUT2D eigenvalue weighted by molar-refractivity contribution is 5.62. The number of hydrogen-bond acceptors (Lipinski definition) is 6. The second kappa shape index (κ2) is 9.01. The minimum absolute atomic E-state index is 0.0959. The zero-order valence-electron chi connectivity index (χ0n) is 18.4. The summed E-state index contributed by atoms with van der Waals surface area (Å²) in [5, 5.41) is 3.65. The van der Waals surface area contributed by atoms with E-state index in [-0.39, 0.29) is 12.8 Å². The van der Waals surface area contributed by atoms with Gasteiger partial charge in [-0.05, 0) is 54.3 Å². The molecule has 0 fully saturated rings. The van der Waals surface area contributed by atoms with Crippen LogP contribution in [0.2, 0.25) is 0 Å². The minimum atomic E-state index is 0.0959. The Hall–Kier alpha value is -3.38. The fourth-order valence-electron chi connectivity index (χ4n) is 4.46. The number of rotatable bonds is 7. The first kappa shape index (κ1) is 20.5. The molecule has 1 N–H and O–H groups in total. The van der Waals surface area contributed by atoms with E-state index in [1.54, 1.807) is 14.2 Å². The summed E-state index contributed by atoms with van der Waals surface area (Å²) >= 11 is 0. The molecule has 6 nitrogen and oxygen atoms in total. The van der Waals surface area contributed by atoms with E-state index in [0.717, 1.165) is 59.1 Å². The highest BCUT2D eigenvalue weighted by Gasteiger charge is 2.31. The van der Waals surface area contributed by atoms with E-state index in [2.05, 4.69) is 35.6 Å². The third-order valence-electron chi connectivity index (χ3n) is 5.99. The van der Waals surface area contributed by atoms with Crippen LogP contribution in [0.25, 0.3) is 0 Å². The number of methoxy groups -OCH3 is 2. The third kappa shape index (κ3) is 3.94. The summed E-state index contributed by atoms with van der Waals surface area (Å²) in [5.41, 5.74) is 4.65. The second-order valence-corrected chi connectivity index (χ2v) is 7.94. The molecule has 32 heavy (non-hydrogen) atoms. The molecule has 2 aliphatic rings. The first-order valence-corrected chi connectivity index (χ1v) is 10.8. The van der Waals surface area contributed by atoms with Gasteiger partial charge in [-0.2, -0.15) is 0 Å². The van der Waals surface area contributed by atoms with E-state index in [4.69, 9.17) is 23.7 Å². The monoisotopic (exact) mass is 433 g/mol. The van der Waals surface area contributed by atoms with Crippen LogP contribution in [0, 0.1) is 0 Å². The summed E-state index contributed by atoms with van der Waals surface area (Å²) < 4.78 is 28.7. The summed E-state index contributed by atoms with van der Waals surface area (Å²) in [6.45, 7) is 1.61. The molecule has 1 unspecified atom stereocenters. The van der Waals surface area contributed by atoms with Crippen molar-refractivity contribution in [3.8, 4) is 28.7 Å². The summed E-state index contributed by atoms with van der Waals surface area (Å²) in [5.74, 6) is 3.69. The topological polar surface area (TPSA) is 58.2 Å². The van der Waals surface area contributed by atoms with Crippen molar-refractivity contribution in [3.05, 3.63) is 76.9 Å². The summed E-state index contributed by atoms with van der Waals surface area (Å²) in [6.07, 6.45) is 1.71. The van der Waals surface area contributed by atoms with Crippen LogP contribution in [0.1, 0.15) is 28.3 Å². The van der Waals surface area contributed by atoms with Crippen LogP contribution in [0.5, 0.6) is 28.7 Å². The zero-order valence-corrected chi connectivity index (χ0v) is 18.4. The van der Waals surface area contributed by atoms with Crippen molar-refractivity contribution in [3.63, 3.8) is 0 Å². The maximum Gasteiger partial charge on any atom is 0.231 e. The Kier molecular flexibility index (Phi) is 5.77. The molecule has 0 saturated heterocycles. The van der Waals surface area contributed by atoms with Crippen LogP contribution in [0.4, 0.5) is 0 Å². The Balaban J connectivity index is 1.42. The first-order chi connectivity index (χ1) is 15.8. The van der Waals surface area contributed by atoms with Crippen LogP contribution in [-0.4, -0.2) is 27.6 Å². The molecular weight excluding hydrogens is 406 g/mol. The van der Waals surface area contributed by atoms with Crippen molar-refractivity contribution in [2.45, 2.75) is 25.5 Å². The molecule has 3 aromatic rings. The van der Waals surface area contributed by atoms with Gasteiger partial charge < -0.3 is 29.0 Å². The van der Waals surface area contributed by atoms with Gasteiger partial charge in [-0.1, -0.05) is 36.4 Å². The van der Waals surface area contributed by atoms with Crippen molar-refractivity contribution in [1.29, 1.82) is 0 Å². The number of nitrogens with one attached hydrogen (secondary N) is 1. The lowest BCUT2D eigenvalue weighted by molar-refractivity contribution is 0.171. The highest BCUT2D eigenvalue weighted by Crippen LogP contribution is 2.48. The number of fused-ring (bicyclic) bond motifs is 2. The number of benzene rings is 3. The molecule has 0 spiro atoms. The number of hydrogen-bond donors (Lipinski definition) is 1. The van der Waals surface area contributed by atoms with E-state index in [0.29, 0.717) is 12.4 Å². The smallest absolute Gasteiger partial charge is 0.231 e. The Morgan fingerprint density at radius 1 is 0.938 bits per heavy atom. The summed E-state index contributed by atoms with van der Waals surface area (Å²) in [4.78, 5) is 0. The van der Waals surface area contributed by atoms with E-state index < -0.39 is 0 Å². The predicted octanol–water partition coefficient (Wildman–Crippen LogP) is 4.44. The van der Waals surface area contributed by atoms with E-state index in [1.807, 2.05) is 24.3 Å². The van der Waals surface area contributed by atoms with Crippen molar-refractivity contribution < 1.29 is 23.7 Å². The van der Waals surface area contributed by atoms with Gasteiger partial charge in [0.15, 0.2) is 23.0 Å². The molecule has 5 rings (SSSR count). The average molecular weight is 434 g/mol. The van der Waals surface area contributed by atoms with Crippen LogP contribution in [-0.2, 0) is 19.4 Å². The standard InChI is InChI=1S/C26H27NO5/c1-28-21-9-8-18(13-22(21)30-15-17-6-4-3-5-7-17)12-20-24-19(10-11-27-20)14-23-25(26(24)29-2)32-16-31-23/h3-9,13-14,20,27H,10-12,15-16H2,1-2H3. The van der Waals surface area contributed by atoms with Crippen LogP contribution in [0.3, 0.4) is 0 Å². The normalized spacial score (nSPS) is 16.4. The largest absolute Gasteiger partial charge is 0.493 e. The summed E-state index contributed by atoms with van der Waals surface area (Å²) in [7, 11) is 3.35. The molecular formula is C26H27NO5. The maximum atomic E-state index is 6.11. The van der Waals surface area contributed by atoms with Crippen molar-refractivity contribution >= 4 is 0 Å². The minimum Gasteiger partial charge on any atom is -0.493 e. The molecule has 0 radical (unpaired) electrons. The lowest BCUT2D eigenvalue weighted by atomic mass is 9.89. The van der Waals surface area contributed by atoms with Gasteiger partial charge in [-0.15, -0.1) is 0 Å². The van der Waals surface area contributed by atoms with Crippen molar-refractivity contribution in [1.82, 2.24) is 5.32 Å². The average Bonchev–Trinajstić information content (AvgIpc) is 3.30. The van der Waals surface area contributed by atoms with Crippen LogP contribution < -0.4 is 29.0 Å². The lowest BCUT2D eigenvalue weighted by Gasteiger charge is -2.29. The molecule has 6 heteroatoms. The van der Waals surface area contributed by atoms with Gasteiger partial charge in [0.2, 0.25) is 12.5 Å². The van der Waals surface area contributed by atoms with Gasteiger partial charge in [0, 0.05) is 11.6 Å². The Bertz CT molecular complexity index is 1100. The molecule has 0 bridgehead atoms. The highest BCUT2D eigenvalue weighted by atomic mass is 16.7. The fourth-order valence-corrected chi connectivity index (χ4v) is 4.46. The Morgan fingerprint density at radius 2 is 1.81 bits per heavy atom. The fraction of sp³-hybridized carbons (Fsp3) is 0.308. The molecule has 166 valence electrons. The number of ether oxygens (including phenoxy) is 5. The van der Waals surface area contributed by atoms with E-state index >= 15 is 0 Å². The van der Waals surface area contributed by atoms with Gasteiger partial charge in [0.25, 0.3) is 0 Å². The Labute approximate surface area is 188 Å². The van der Waals surface area contributed by atoms with E-state index in [9.17, 15) is 0 Å². The SMILES string of the molecule is COc1ccc(CC2NCCc3cc4c(c(OC)c32)OCO4)cc1OCc1ccccc1. The van der Waals surface area contributed by atoms with Gasteiger partial charge >= 0.3 is 0 Å². The molecule has 3 aromatic carbocycles. The summed E-state index contributed by atoms with van der Waals surface area (Å²) in [6, 6.07) is 18.4. The first-order valence-electron chi connectivity index (χ1n) is 10.8. The van der Waals surface area contributed by atoms with Gasteiger partial charge in [0.05, 0.1) is 14.2 Å². The zero-order chi connectivity index (χ0) is 21.9. The van der Waals surface area contributed by atoms with Crippen LogP contribution >= 0.6 is 0 Å². The lowest BCUT2D eigenvalue weighted by Crippen LogP contribution is -2.31. The molecule has 0 aliphatic carbocycles. The van der Waals surface area contributed by atoms with Gasteiger partial charge in [0.1, 0.15) is 6.61 Å². The van der Waals surface area contributed by atoms with Crippen molar-refractivity contribution in [2.24, 2.45) is 0 Å². The van der Waals surface area contributed by atoms with Crippen LogP contribution in [0.15, 0.2) is 54.6 Å². The van der Waals surface area contributed by atoms with Gasteiger partial charge in [-0.25, -0.2) is 0 Å². The molecule has 2 heterocycles. The predicted molar refractivity (Wildman–Crippen MR) is 121 cm³/mol. The van der Waals surface area contributed by atoms with E-state index in [1.165, 1.54) is 5.56 Å². The van der Waals surface area contributed by atoms with Crippen molar-refractivity contribution in [2.75, 3.05) is 27.6 Å². The molecule has 2 aliphatic heterocycles. The maximum absolute atomic E-state index is 6.11. The molecule has 0 amide bonds. The molecule has 1 atom stereocenters. The second-order valence-electron chi connectivity index (χ2n) is 7.94. The quantitative estimate of drug-likeness (QED) is 0.595. The Morgan fingerprint density at radius 3 is 2.62 bits per heavy atom. The van der Waals surface area contributed by atoms with Gasteiger partial charge in [-0.3, -0.25) is 0 Å². The molecule has 0 saturated carbocycles. The third-order valence-corrected chi connectivity index (χ3v) is 5.99. The molecule has 0 aromatic heterocycles.